The fourth-order valence-electron chi connectivity index (χ4n) is 1.80. The molecule has 2 heteroatoms. The summed E-state index contributed by atoms with van der Waals surface area (Å²) in [5.74, 6) is -0.103. The molecular weight excluding hydrogens is 210 g/mol. The Kier molecular flexibility index (Phi) is 6.99. The molecule has 3 N–H and O–H groups in total. The van der Waals surface area contributed by atoms with Gasteiger partial charge in [0.2, 0.25) is 0 Å². The molecule has 0 bridgehead atoms. The Morgan fingerprint density at radius 3 is 2.47 bits per heavy atom. The van der Waals surface area contributed by atoms with Crippen LogP contribution in [0, 0.1) is 0 Å². The Balaban J connectivity index is 1.96. The molecule has 0 aliphatic heterocycles. The predicted molar refractivity (Wildman–Crippen MR) is 70.3 cm³/mol. The summed E-state index contributed by atoms with van der Waals surface area (Å²) < 4.78 is 0. The number of hydrogen-bond donors (Lipinski definition) is 1. The maximum absolute atomic E-state index is 10.5. The zero-order valence-electron chi connectivity index (χ0n) is 10.4. The highest BCUT2D eigenvalue weighted by atomic mass is 16.1. The molecule has 92 valence electrons. The summed E-state index contributed by atoms with van der Waals surface area (Å²) in [7, 11) is 0. The fourth-order valence-corrected chi connectivity index (χ4v) is 1.80. The van der Waals surface area contributed by atoms with E-state index in [4.69, 9.17) is 0 Å². The Morgan fingerprint density at radius 2 is 1.76 bits per heavy atom. The topological polar surface area (TPSA) is 44.7 Å². The molecule has 0 atom stereocenters. The molecule has 17 heavy (non-hydrogen) atoms. The summed E-state index contributed by atoms with van der Waals surface area (Å²) in [6, 6.07) is 10.6. The first-order valence-electron chi connectivity index (χ1n) is 6.35. The summed E-state index contributed by atoms with van der Waals surface area (Å²) >= 11 is 0. The van der Waals surface area contributed by atoms with Crippen molar-refractivity contribution in [3.05, 3.63) is 48.0 Å². The lowest BCUT2D eigenvalue weighted by Crippen LogP contribution is -2.55. The smallest absolute Gasteiger partial charge is 0.291 e. The van der Waals surface area contributed by atoms with Crippen molar-refractivity contribution < 1.29 is 10.5 Å². The molecule has 0 aliphatic carbocycles. The molecule has 2 nitrogen and oxygen atoms in total. The number of benzene rings is 1. The lowest BCUT2D eigenvalue weighted by atomic mass is 10.1. The molecule has 0 spiro atoms. The van der Waals surface area contributed by atoms with Crippen LogP contribution in [0.2, 0.25) is 0 Å². The molecule has 0 unspecified atom stereocenters. The van der Waals surface area contributed by atoms with E-state index in [0.717, 1.165) is 6.42 Å². The van der Waals surface area contributed by atoms with E-state index in [-0.39, 0.29) is 5.91 Å². The number of quaternary nitrogens is 1. The standard InChI is InChI=1S/C15H21NO/c16-15(17)13-9-4-2-1-3-6-10-14-11-7-5-8-12-14/h5,7-9,11-13H,1-4,6,10H2,(H2,16,17)/p+1/b13-9+. The van der Waals surface area contributed by atoms with Crippen LogP contribution in [-0.2, 0) is 11.2 Å². The molecule has 0 heterocycles. The van der Waals surface area contributed by atoms with E-state index >= 15 is 0 Å². The third-order valence-electron chi connectivity index (χ3n) is 2.73. The SMILES string of the molecule is [NH3+]C(=O)/C=C/CCCCCCc1ccccc1. The van der Waals surface area contributed by atoms with Gasteiger partial charge in [-0.1, -0.05) is 49.2 Å². The second kappa shape index (κ2) is 8.71. The van der Waals surface area contributed by atoms with Crippen LogP contribution in [-0.4, -0.2) is 5.91 Å². The predicted octanol–water partition coefficient (Wildman–Crippen LogP) is 2.50. The summed E-state index contributed by atoms with van der Waals surface area (Å²) in [5, 5.41) is 0. The van der Waals surface area contributed by atoms with Gasteiger partial charge in [0.25, 0.3) is 0 Å². The molecule has 0 aliphatic rings. The number of carbonyl (C=O) groups is 1. The average molecular weight is 232 g/mol. The Hall–Kier alpha value is -1.41. The number of aryl methyl sites for hydroxylation is 1. The zero-order valence-corrected chi connectivity index (χ0v) is 10.4. The Labute approximate surface area is 104 Å². The first-order valence-corrected chi connectivity index (χ1v) is 6.35. The molecule has 1 rings (SSSR count). The Morgan fingerprint density at radius 1 is 1.06 bits per heavy atom. The number of carbonyl (C=O) groups excluding carboxylic acids is 1. The van der Waals surface area contributed by atoms with Crippen LogP contribution >= 0.6 is 0 Å². The van der Waals surface area contributed by atoms with Crippen LogP contribution in [0.4, 0.5) is 0 Å². The molecule has 0 saturated heterocycles. The molecular formula is C15H22NO+. The lowest BCUT2D eigenvalue weighted by Gasteiger charge is -2.00. The highest BCUT2D eigenvalue weighted by Gasteiger charge is 1.93. The van der Waals surface area contributed by atoms with Crippen LogP contribution < -0.4 is 5.73 Å². The maximum atomic E-state index is 10.5. The summed E-state index contributed by atoms with van der Waals surface area (Å²) in [6.07, 6.45) is 10.6. The largest absolute Gasteiger partial charge is 0.333 e. The van der Waals surface area contributed by atoms with Gasteiger partial charge in [-0.25, -0.2) is 4.79 Å². The molecule has 0 saturated carbocycles. The van der Waals surface area contributed by atoms with E-state index in [1.54, 1.807) is 6.08 Å². The number of hydrogen-bond acceptors (Lipinski definition) is 1. The quantitative estimate of drug-likeness (QED) is 0.543. The Bertz CT molecular complexity index is 343. The van der Waals surface area contributed by atoms with Crippen LogP contribution in [0.5, 0.6) is 0 Å². The van der Waals surface area contributed by atoms with Crippen molar-refractivity contribution in [2.75, 3.05) is 0 Å². The molecule has 1 aromatic carbocycles. The molecule has 0 radical (unpaired) electrons. The third-order valence-corrected chi connectivity index (χ3v) is 2.73. The highest BCUT2D eigenvalue weighted by Crippen LogP contribution is 2.08. The summed E-state index contributed by atoms with van der Waals surface area (Å²) in [4.78, 5) is 10.5. The van der Waals surface area contributed by atoms with Crippen molar-refractivity contribution >= 4 is 5.91 Å². The van der Waals surface area contributed by atoms with E-state index in [1.807, 2.05) is 6.08 Å². The van der Waals surface area contributed by atoms with Gasteiger partial charge in [0.05, 0.1) is 0 Å². The maximum Gasteiger partial charge on any atom is 0.333 e. The minimum absolute atomic E-state index is 0.103. The van der Waals surface area contributed by atoms with E-state index in [1.165, 1.54) is 37.7 Å². The fraction of sp³-hybridized carbons (Fsp3) is 0.400. The van der Waals surface area contributed by atoms with E-state index in [2.05, 4.69) is 36.1 Å². The third kappa shape index (κ3) is 7.47. The van der Waals surface area contributed by atoms with Crippen molar-refractivity contribution in [1.82, 2.24) is 0 Å². The van der Waals surface area contributed by atoms with Crippen LogP contribution in [0.3, 0.4) is 0 Å². The van der Waals surface area contributed by atoms with Crippen molar-refractivity contribution in [2.24, 2.45) is 0 Å². The van der Waals surface area contributed by atoms with Crippen LogP contribution in [0.15, 0.2) is 42.5 Å². The minimum atomic E-state index is -0.103. The van der Waals surface area contributed by atoms with Crippen LogP contribution in [0.1, 0.15) is 37.7 Å². The van der Waals surface area contributed by atoms with Crippen molar-refractivity contribution in [3.8, 4) is 0 Å². The van der Waals surface area contributed by atoms with Gasteiger partial charge in [-0.05, 0) is 31.2 Å². The monoisotopic (exact) mass is 232 g/mol. The van der Waals surface area contributed by atoms with Crippen molar-refractivity contribution in [3.63, 3.8) is 0 Å². The van der Waals surface area contributed by atoms with Gasteiger partial charge in [-0.3, -0.25) is 5.73 Å². The molecule has 0 fully saturated rings. The van der Waals surface area contributed by atoms with Crippen LogP contribution in [0.25, 0.3) is 0 Å². The number of allylic oxidation sites excluding steroid dienone is 1. The second-order valence-electron chi connectivity index (χ2n) is 4.31. The van der Waals surface area contributed by atoms with Gasteiger partial charge in [0.15, 0.2) is 0 Å². The molecule has 1 aromatic rings. The van der Waals surface area contributed by atoms with Gasteiger partial charge in [-0.2, -0.15) is 0 Å². The number of rotatable bonds is 8. The van der Waals surface area contributed by atoms with Gasteiger partial charge in [0.1, 0.15) is 0 Å². The number of amides is 1. The van der Waals surface area contributed by atoms with Gasteiger partial charge < -0.3 is 0 Å². The highest BCUT2D eigenvalue weighted by molar-refractivity contribution is 5.77. The van der Waals surface area contributed by atoms with Crippen molar-refractivity contribution in [1.29, 1.82) is 0 Å². The normalized spacial score (nSPS) is 10.9. The molecule has 0 aromatic heterocycles. The minimum Gasteiger partial charge on any atom is -0.291 e. The van der Waals surface area contributed by atoms with Gasteiger partial charge >= 0.3 is 5.91 Å². The molecule has 1 amide bonds. The first-order chi connectivity index (χ1) is 8.29. The zero-order chi connectivity index (χ0) is 12.3. The lowest BCUT2D eigenvalue weighted by molar-refractivity contribution is -0.297. The average Bonchev–Trinajstić information content (AvgIpc) is 2.33. The summed E-state index contributed by atoms with van der Waals surface area (Å²) in [5.41, 5.74) is 4.72. The van der Waals surface area contributed by atoms with Gasteiger partial charge in [-0.15, -0.1) is 0 Å². The van der Waals surface area contributed by atoms with Crippen molar-refractivity contribution in [2.45, 2.75) is 38.5 Å². The van der Waals surface area contributed by atoms with E-state index in [9.17, 15) is 4.79 Å². The van der Waals surface area contributed by atoms with E-state index in [0.29, 0.717) is 0 Å². The van der Waals surface area contributed by atoms with Gasteiger partial charge in [0, 0.05) is 6.08 Å². The first kappa shape index (κ1) is 13.7. The van der Waals surface area contributed by atoms with E-state index < -0.39 is 0 Å². The summed E-state index contributed by atoms with van der Waals surface area (Å²) in [6.45, 7) is 0. The second-order valence-corrected chi connectivity index (χ2v) is 4.31. The number of unbranched alkanes of at least 4 members (excludes halogenated alkanes) is 4.